The Balaban J connectivity index is 0.00000364. The topological polar surface area (TPSA) is 88.6 Å². The molecule has 0 saturated heterocycles. The Morgan fingerprint density at radius 2 is 2.04 bits per heavy atom. The SMILES string of the molecule is CCN(CC)c1ccc2cc(NC(=O)C=CSSCCN)c(=O)oc2c1.Cl. The maximum Gasteiger partial charge on any atom is 0.360 e. The minimum Gasteiger partial charge on any atom is -0.421 e. The van der Waals surface area contributed by atoms with E-state index in [1.165, 1.54) is 16.9 Å². The highest BCUT2D eigenvalue weighted by Crippen LogP contribution is 2.23. The van der Waals surface area contributed by atoms with E-state index in [1.54, 1.807) is 22.3 Å². The fourth-order valence-corrected chi connectivity index (χ4v) is 3.80. The van der Waals surface area contributed by atoms with Crippen molar-refractivity contribution in [2.75, 3.05) is 35.6 Å². The van der Waals surface area contributed by atoms with Gasteiger partial charge >= 0.3 is 5.63 Å². The zero-order valence-electron chi connectivity index (χ0n) is 15.3. The van der Waals surface area contributed by atoms with E-state index in [1.807, 2.05) is 18.2 Å². The van der Waals surface area contributed by atoms with Gasteiger partial charge in [-0.1, -0.05) is 21.6 Å². The fraction of sp³-hybridized carbons (Fsp3) is 0.333. The molecular formula is C18H24ClN3O3S2. The number of nitrogens with one attached hydrogen (secondary N) is 1. The average Bonchev–Trinajstić information content (AvgIpc) is 2.63. The highest BCUT2D eigenvalue weighted by molar-refractivity contribution is 8.77. The molecule has 0 aliphatic carbocycles. The number of carbonyl (C=O) groups excluding carboxylic acids is 1. The molecule has 0 atom stereocenters. The lowest BCUT2D eigenvalue weighted by atomic mass is 10.2. The Morgan fingerprint density at radius 1 is 1.30 bits per heavy atom. The minimum absolute atomic E-state index is 0. The lowest BCUT2D eigenvalue weighted by Crippen LogP contribution is -2.21. The second-order valence-electron chi connectivity index (χ2n) is 5.34. The number of fused-ring (bicyclic) bond motifs is 1. The molecule has 1 aromatic carbocycles. The number of carbonyl (C=O) groups is 1. The molecule has 0 fully saturated rings. The van der Waals surface area contributed by atoms with Gasteiger partial charge < -0.3 is 20.4 Å². The molecule has 6 nitrogen and oxygen atoms in total. The number of benzene rings is 1. The summed E-state index contributed by atoms with van der Waals surface area (Å²) < 4.78 is 5.39. The van der Waals surface area contributed by atoms with Crippen molar-refractivity contribution in [3.05, 3.63) is 46.2 Å². The van der Waals surface area contributed by atoms with Crippen molar-refractivity contribution in [1.82, 2.24) is 0 Å². The highest BCUT2D eigenvalue weighted by atomic mass is 35.5. The summed E-state index contributed by atoms with van der Waals surface area (Å²) in [6, 6.07) is 7.35. The van der Waals surface area contributed by atoms with E-state index in [0.717, 1.165) is 29.9 Å². The summed E-state index contributed by atoms with van der Waals surface area (Å²) >= 11 is 0. The Hall–Kier alpha value is -1.61. The fourth-order valence-electron chi connectivity index (χ4n) is 2.37. The third kappa shape index (κ3) is 6.80. The summed E-state index contributed by atoms with van der Waals surface area (Å²) in [6.45, 7) is 6.47. The van der Waals surface area contributed by atoms with E-state index in [4.69, 9.17) is 10.2 Å². The number of rotatable bonds is 9. The van der Waals surface area contributed by atoms with Gasteiger partial charge in [-0.05, 0) is 37.5 Å². The highest BCUT2D eigenvalue weighted by Gasteiger charge is 2.09. The van der Waals surface area contributed by atoms with Gasteiger partial charge in [0.1, 0.15) is 11.3 Å². The molecule has 0 bridgehead atoms. The molecule has 3 N–H and O–H groups in total. The van der Waals surface area contributed by atoms with Gasteiger partial charge in [-0.15, -0.1) is 12.4 Å². The van der Waals surface area contributed by atoms with Gasteiger partial charge in [-0.2, -0.15) is 0 Å². The molecule has 0 radical (unpaired) electrons. The van der Waals surface area contributed by atoms with Crippen molar-refractivity contribution in [2.24, 2.45) is 5.73 Å². The van der Waals surface area contributed by atoms with Crippen LogP contribution in [0.4, 0.5) is 11.4 Å². The molecule has 2 rings (SSSR count). The van der Waals surface area contributed by atoms with Gasteiger partial charge in [-0.25, -0.2) is 4.79 Å². The number of halogens is 1. The van der Waals surface area contributed by atoms with Gasteiger partial charge in [-0.3, -0.25) is 4.79 Å². The monoisotopic (exact) mass is 429 g/mol. The smallest absolute Gasteiger partial charge is 0.360 e. The standard InChI is InChI=1S/C18H23N3O3S2.ClH/c1-3-21(4-2)14-6-5-13-11-15(18(23)24-16(13)12-14)20-17(22)7-9-25-26-10-8-19;/h5-7,9,11-12H,3-4,8,10,19H2,1-2H3,(H,20,22);1H. The van der Waals surface area contributed by atoms with Crippen molar-refractivity contribution < 1.29 is 9.21 Å². The maximum atomic E-state index is 12.2. The lowest BCUT2D eigenvalue weighted by Gasteiger charge is -2.21. The molecule has 0 aliphatic heterocycles. The van der Waals surface area contributed by atoms with Crippen LogP contribution >= 0.6 is 34.0 Å². The van der Waals surface area contributed by atoms with Gasteiger partial charge in [0.15, 0.2) is 0 Å². The zero-order valence-corrected chi connectivity index (χ0v) is 17.7. The van der Waals surface area contributed by atoms with Crippen molar-refractivity contribution in [3.63, 3.8) is 0 Å². The summed E-state index contributed by atoms with van der Waals surface area (Å²) in [5, 5.41) is 4.98. The predicted octanol–water partition coefficient (Wildman–Crippen LogP) is 3.85. The predicted molar refractivity (Wildman–Crippen MR) is 120 cm³/mol. The number of amides is 1. The Kier molecular flexibility index (Phi) is 10.4. The average molecular weight is 430 g/mol. The van der Waals surface area contributed by atoms with E-state index in [9.17, 15) is 9.59 Å². The summed E-state index contributed by atoms with van der Waals surface area (Å²) in [4.78, 5) is 26.3. The third-order valence-corrected chi connectivity index (χ3v) is 5.68. The van der Waals surface area contributed by atoms with E-state index >= 15 is 0 Å². The Morgan fingerprint density at radius 3 is 2.70 bits per heavy atom. The van der Waals surface area contributed by atoms with Crippen molar-refractivity contribution in [1.29, 1.82) is 0 Å². The van der Waals surface area contributed by atoms with Gasteiger partial charge in [0, 0.05) is 48.6 Å². The summed E-state index contributed by atoms with van der Waals surface area (Å²) in [5.41, 5.74) is 6.45. The van der Waals surface area contributed by atoms with Crippen LogP contribution in [0.3, 0.4) is 0 Å². The van der Waals surface area contributed by atoms with Crippen molar-refractivity contribution >= 4 is 62.2 Å². The quantitative estimate of drug-likeness (QED) is 0.271. The molecule has 1 amide bonds. The van der Waals surface area contributed by atoms with Crippen LogP contribution in [-0.2, 0) is 4.79 Å². The van der Waals surface area contributed by atoms with E-state index in [2.05, 4.69) is 24.1 Å². The molecule has 0 unspecified atom stereocenters. The van der Waals surface area contributed by atoms with Crippen molar-refractivity contribution in [2.45, 2.75) is 13.8 Å². The van der Waals surface area contributed by atoms with E-state index in [0.29, 0.717) is 12.1 Å². The first-order valence-corrected chi connectivity index (χ1v) is 10.8. The van der Waals surface area contributed by atoms with Gasteiger partial charge in [0.2, 0.25) is 5.91 Å². The normalized spacial score (nSPS) is 10.8. The Bertz CT molecular complexity index is 838. The molecule has 27 heavy (non-hydrogen) atoms. The van der Waals surface area contributed by atoms with Crippen molar-refractivity contribution in [3.8, 4) is 0 Å². The second-order valence-corrected chi connectivity index (χ2v) is 7.73. The maximum absolute atomic E-state index is 12.2. The van der Waals surface area contributed by atoms with Crippen LogP contribution in [0.2, 0.25) is 0 Å². The molecule has 0 spiro atoms. The molecule has 9 heteroatoms. The van der Waals surface area contributed by atoms with Gasteiger partial charge in [0.05, 0.1) is 0 Å². The van der Waals surface area contributed by atoms with E-state index in [-0.39, 0.29) is 24.0 Å². The number of nitrogens with zero attached hydrogens (tertiary/aromatic N) is 1. The number of hydrogen-bond donors (Lipinski definition) is 2. The first kappa shape index (κ1) is 23.4. The molecular weight excluding hydrogens is 406 g/mol. The van der Waals surface area contributed by atoms with Crippen LogP contribution < -0.4 is 21.6 Å². The number of hydrogen-bond acceptors (Lipinski definition) is 7. The third-order valence-electron chi connectivity index (χ3n) is 3.65. The first-order valence-electron chi connectivity index (χ1n) is 8.37. The second kappa shape index (κ2) is 12.0. The van der Waals surface area contributed by atoms with Crippen LogP contribution in [0.15, 0.2) is 45.0 Å². The molecule has 148 valence electrons. The van der Waals surface area contributed by atoms with E-state index < -0.39 is 5.63 Å². The minimum atomic E-state index is -0.568. The number of anilines is 2. The zero-order chi connectivity index (χ0) is 18.9. The van der Waals surface area contributed by atoms with Gasteiger partial charge in [0.25, 0.3) is 0 Å². The van der Waals surface area contributed by atoms with Crippen LogP contribution in [0, 0.1) is 0 Å². The summed E-state index contributed by atoms with van der Waals surface area (Å²) in [7, 11) is 2.98. The molecule has 1 aromatic heterocycles. The van der Waals surface area contributed by atoms with Crippen LogP contribution in [0.5, 0.6) is 0 Å². The largest absolute Gasteiger partial charge is 0.421 e. The first-order chi connectivity index (χ1) is 12.6. The Labute approximate surface area is 172 Å². The molecule has 1 heterocycles. The molecule has 0 saturated carbocycles. The summed E-state index contributed by atoms with van der Waals surface area (Å²) in [6.07, 6.45) is 1.38. The van der Waals surface area contributed by atoms with Crippen LogP contribution in [0.1, 0.15) is 13.8 Å². The molecule has 0 aliphatic rings. The number of nitrogens with two attached hydrogens (primary N) is 1. The van der Waals surface area contributed by atoms with Crippen LogP contribution in [0.25, 0.3) is 11.0 Å². The summed E-state index contributed by atoms with van der Waals surface area (Å²) in [5.74, 6) is 0.428. The molecule has 2 aromatic rings. The lowest BCUT2D eigenvalue weighted by molar-refractivity contribution is -0.111. The van der Waals surface area contributed by atoms with Crippen LogP contribution in [-0.4, -0.2) is 31.3 Å².